The van der Waals surface area contributed by atoms with E-state index in [1.54, 1.807) is 6.92 Å². The maximum Gasteiger partial charge on any atom is 0.492 e. The number of carbonyl (C=O) groups excluding carboxylic acids is 1. The Balaban J connectivity index is 1.81. The van der Waals surface area contributed by atoms with Crippen molar-refractivity contribution in [3.8, 4) is 0 Å². The number of halogens is 5. The summed E-state index contributed by atoms with van der Waals surface area (Å²) < 4.78 is 54.5. The van der Waals surface area contributed by atoms with E-state index in [2.05, 4.69) is 4.84 Å². The van der Waals surface area contributed by atoms with Crippen molar-refractivity contribution < 1.29 is 31.9 Å². The average Bonchev–Trinajstić information content (AvgIpc) is 2.34. The lowest BCUT2D eigenvalue weighted by Crippen LogP contribution is -2.54. The van der Waals surface area contributed by atoms with Crippen molar-refractivity contribution in [2.75, 3.05) is 13.1 Å². The van der Waals surface area contributed by atoms with E-state index in [-0.39, 0.29) is 18.1 Å². The Morgan fingerprint density at radius 1 is 1.41 bits per heavy atom. The first kappa shape index (κ1) is 17.0. The van der Waals surface area contributed by atoms with E-state index in [1.165, 1.54) is 12.1 Å². The van der Waals surface area contributed by atoms with Crippen LogP contribution >= 0.6 is 11.6 Å². The predicted molar refractivity (Wildman–Crippen MR) is 68.4 cm³/mol. The summed E-state index contributed by atoms with van der Waals surface area (Å²) in [5.74, 6) is -2.74. The molecular formula is C13H12ClF4NO3. The van der Waals surface area contributed by atoms with Crippen molar-refractivity contribution >= 4 is 17.6 Å². The zero-order valence-electron chi connectivity index (χ0n) is 11.4. The topological polar surface area (TPSA) is 38.8 Å². The monoisotopic (exact) mass is 341 g/mol. The van der Waals surface area contributed by atoms with Crippen LogP contribution in [0.1, 0.15) is 18.6 Å². The number of hydrogen-bond acceptors (Lipinski definition) is 4. The minimum Gasteiger partial charge on any atom is -0.368 e. The lowest BCUT2D eigenvalue weighted by atomic mass is 10.1. The lowest BCUT2D eigenvalue weighted by Gasteiger charge is -2.38. The van der Waals surface area contributed by atoms with E-state index in [4.69, 9.17) is 16.3 Å². The SMILES string of the molecule is CC(OC1CN(OC(=O)C(F)(F)F)C1)c1ccc(F)cc1Cl. The molecule has 1 saturated heterocycles. The minimum atomic E-state index is -5.03. The molecule has 0 amide bonds. The number of carbonyl (C=O) groups is 1. The highest BCUT2D eigenvalue weighted by molar-refractivity contribution is 6.31. The van der Waals surface area contributed by atoms with Gasteiger partial charge in [0.25, 0.3) is 0 Å². The van der Waals surface area contributed by atoms with E-state index in [0.717, 1.165) is 11.1 Å². The van der Waals surface area contributed by atoms with Crippen LogP contribution in [0.3, 0.4) is 0 Å². The number of hydrogen-bond donors (Lipinski definition) is 0. The van der Waals surface area contributed by atoms with Gasteiger partial charge in [0.15, 0.2) is 0 Å². The molecule has 0 radical (unpaired) electrons. The van der Waals surface area contributed by atoms with Crippen LogP contribution < -0.4 is 0 Å². The fourth-order valence-electron chi connectivity index (χ4n) is 1.92. The van der Waals surface area contributed by atoms with E-state index in [0.29, 0.717) is 5.56 Å². The second kappa shape index (κ2) is 6.39. The first-order chi connectivity index (χ1) is 10.2. The summed E-state index contributed by atoms with van der Waals surface area (Å²) in [5, 5.41) is 1.06. The van der Waals surface area contributed by atoms with E-state index in [9.17, 15) is 22.4 Å². The van der Waals surface area contributed by atoms with Gasteiger partial charge in [-0.1, -0.05) is 17.7 Å². The highest BCUT2D eigenvalue weighted by atomic mass is 35.5. The van der Waals surface area contributed by atoms with Gasteiger partial charge in [-0.25, -0.2) is 9.18 Å². The van der Waals surface area contributed by atoms with Gasteiger partial charge in [-0.3, -0.25) is 0 Å². The van der Waals surface area contributed by atoms with Crippen LogP contribution in [-0.2, 0) is 14.4 Å². The molecule has 1 heterocycles. The summed E-state index contributed by atoms with van der Waals surface area (Å²) in [5.41, 5.74) is 0.564. The first-order valence-electron chi connectivity index (χ1n) is 6.31. The zero-order valence-corrected chi connectivity index (χ0v) is 12.1. The third kappa shape index (κ3) is 4.08. The quantitative estimate of drug-likeness (QED) is 0.788. The van der Waals surface area contributed by atoms with Crippen molar-refractivity contribution in [3.63, 3.8) is 0 Å². The summed E-state index contributed by atoms with van der Waals surface area (Å²) in [4.78, 5) is 14.7. The van der Waals surface area contributed by atoms with Crippen molar-refractivity contribution in [3.05, 3.63) is 34.6 Å². The molecule has 1 aliphatic rings. The van der Waals surface area contributed by atoms with Gasteiger partial charge in [-0.15, -0.1) is 5.06 Å². The summed E-state index contributed by atoms with van der Waals surface area (Å²) >= 11 is 5.89. The van der Waals surface area contributed by atoms with Gasteiger partial charge in [0.2, 0.25) is 0 Å². The number of rotatable bonds is 4. The third-order valence-electron chi connectivity index (χ3n) is 3.06. The molecule has 2 rings (SSSR count). The molecule has 9 heteroatoms. The molecule has 1 aromatic rings. The highest BCUT2D eigenvalue weighted by Crippen LogP contribution is 2.29. The van der Waals surface area contributed by atoms with Crippen LogP contribution in [-0.4, -0.2) is 36.4 Å². The normalized spacial score (nSPS) is 17.9. The van der Waals surface area contributed by atoms with Gasteiger partial charge >= 0.3 is 12.1 Å². The summed E-state index contributed by atoms with van der Waals surface area (Å²) in [7, 11) is 0. The zero-order chi connectivity index (χ0) is 16.5. The smallest absolute Gasteiger partial charge is 0.368 e. The molecule has 4 nitrogen and oxygen atoms in total. The second-order valence-electron chi connectivity index (χ2n) is 4.79. The summed E-state index contributed by atoms with van der Waals surface area (Å²) in [6.07, 6.45) is -5.91. The molecule has 0 aliphatic carbocycles. The van der Waals surface area contributed by atoms with Gasteiger partial charge in [-0.2, -0.15) is 13.2 Å². The Hall–Kier alpha value is -1.38. The van der Waals surface area contributed by atoms with Crippen LogP contribution in [0, 0.1) is 5.82 Å². The maximum absolute atomic E-state index is 12.9. The van der Waals surface area contributed by atoms with Crippen LogP contribution in [0.25, 0.3) is 0 Å². The summed E-state index contributed by atoms with van der Waals surface area (Å²) in [6.45, 7) is 1.72. The molecule has 0 N–H and O–H groups in total. The fourth-order valence-corrected chi connectivity index (χ4v) is 2.24. The van der Waals surface area contributed by atoms with Gasteiger partial charge in [0.05, 0.1) is 25.3 Å². The number of nitrogens with zero attached hydrogens (tertiary/aromatic N) is 1. The molecule has 1 aliphatic heterocycles. The minimum absolute atomic E-state index is 0.0188. The molecule has 1 atom stereocenters. The Morgan fingerprint density at radius 3 is 2.59 bits per heavy atom. The molecular weight excluding hydrogens is 330 g/mol. The number of benzene rings is 1. The molecule has 122 valence electrons. The van der Waals surface area contributed by atoms with Crippen LogP contribution in [0.5, 0.6) is 0 Å². The first-order valence-corrected chi connectivity index (χ1v) is 6.69. The second-order valence-corrected chi connectivity index (χ2v) is 5.20. The molecule has 0 aromatic heterocycles. The number of hydroxylamine groups is 2. The molecule has 1 fully saturated rings. The Morgan fingerprint density at radius 2 is 2.05 bits per heavy atom. The number of alkyl halides is 3. The molecule has 22 heavy (non-hydrogen) atoms. The number of ether oxygens (including phenoxy) is 1. The van der Waals surface area contributed by atoms with E-state index < -0.39 is 30.2 Å². The molecule has 0 saturated carbocycles. The summed E-state index contributed by atoms with van der Waals surface area (Å²) in [6, 6.07) is 3.86. The van der Waals surface area contributed by atoms with Crippen molar-refractivity contribution in [2.45, 2.75) is 25.3 Å². The highest BCUT2D eigenvalue weighted by Gasteiger charge is 2.44. The maximum atomic E-state index is 12.9. The molecule has 1 aromatic carbocycles. The van der Waals surface area contributed by atoms with Crippen LogP contribution in [0.15, 0.2) is 18.2 Å². The van der Waals surface area contributed by atoms with E-state index in [1.807, 2.05) is 0 Å². The largest absolute Gasteiger partial charge is 0.492 e. The fraction of sp³-hybridized carbons (Fsp3) is 0.462. The lowest BCUT2D eigenvalue weighted by molar-refractivity contribution is -0.272. The Kier molecular flexibility index (Phi) is 4.93. The van der Waals surface area contributed by atoms with Gasteiger partial charge < -0.3 is 9.57 Å². The molecule has 0 bridgehead atoms. The van der Waals surface area contributed by atoms with Gasteiger partial charge in [0.1, 0.15) is 5.82 Å². The standard InChI is InChI=1S/C13H12ClF4NO3/c1-7(10-3-2-8(15)4-11(10)14)21-9-5-19(6-9)22-12(20)13(16,17)18/h2-4,7,9H,5-6H2,1H3. The van der Waals surface area contributed by atoms with Crippen molar-refractivity contribution in [2.24, 2.45) is 0 Å². The third-order valence-corrected chi connectivity index (χ3v) is 3.38. The predicted octanol–water partition coefficient (Wildman–Crippen LogP) is 3.26. The van der Waals surface area contributed by atoms with Crippen molar-refractivity contribution in [1.29, 1.82) is 0 Å². The molecule has 0 spiro atoms. The Labute approximate surface area is 128 Å². The van der Waals surface area contributed by atoms with Crippen molar-refractivity contribution in [1.82, 2.24) is 5.06 Å². The van der Waals surface area contributed by atoms with Gasteiger partial charge in [0, 0.05) is 5.02 Å². The average molecular weight is 342 g/mol. The van der Waals surface area contributed by atoms with Crippen LogP contribution in [0.2, 0.25) is 5.02 Å². The van der Waals surface area contributed by atoms with Crippen LogP contribution in [0.4, 0.5) is 17.6 Å². The molecule has 1 unspecified atom stereocenters. The van der Waals surface area contributed by atoms with E-state index >= 15 is 0 Å². The van der Waals surface area contributed by atoms with Gasteiger partial charge in [-0.05, 0) is 24.6 Å². The Bertz CT molecular complexity index is 561.